The number of aromatic nitrogens is 1. The molecule has 4 heteroatoms. The quantitative estimate of drug-likeness (QED) is 0.420. The van der Waals surface area contributed by atoms with Gasteiger partial charge in [0.05, 0.1) is 11.9 Å². The monoisotopic (exact) mass is 410 g/mol. The van der Waals surface area contributed by atoms with Crippen LogP contribution in [-0.2, 0) is 11.3 Å². The van der Waals surface area contributed by atoms with Gasteiger partial charge in [-0.2, -0.15) is 0 Å². The van der Waals surface area contributed by atoms with Crippen molar-refractivity contribution in [2.45, 2.75) is 85.5 Å². The van der Waals surface area contributed by atoms with Gasteiger partial charge in [0, 0.05) is 13.3 Å². The zero-order chi connectivity index (χ0) is 20.9. The van der Waals surface area contributed by atoms with Crippen LogP contribution in [0.4, 0.5) is 0 Å². The topological polar surface area (TPSA) is 47.6 Å². The molecule has 0 spiro atoms. The normalized spacial score (nSPS) is 41.7. The van der Waals surface area contributed by atoms with Gasteiger partial charge in [-0.3, -0.25) is 0 Å². The van der Waals surface area contributed by atoms with E-state index in [9.17, 15) is 0 Å². The second-order valence-corrected chi connectivity index (χ2v) is 11.0. The van der Waals surface area contributed by atoms with E-state index in [1.807, 2.05) is 6.92 Å². The van der Waals surface area contributed by atoms with E-state index < -0.39 is 0 Å². The average Bonchev–Trinajstić information content (AvgIpc) is 3.28. The van der Waals surface area contributed by atoms with E-state index in [0.29, 0.717) is 29.7 Å². The van der Waals surface area contributed by atoms with Gasteiger partial charge in [-0.05, 0) is 91.9 Å². The van der Waals surface area contributed by atoms with Gasteiger partial charge in [-0.25, -0.2) is 4.98 Å². The molecule has 3 unspecified atom stereocenters. The van der Waals surface area contributed by atoms with E-state index in [-0.39, 0.29) is 0 Å². The van der Waals surface area contributed by atoms with E-state index >= 15 is 0 Å². The maximum Gasteiger partial charge on any atom is 0.191 e. The standard InChI is InChI=1S/C26H38N2O2/c1-17-5-8-23-22-7-6-19-15-20(28-29-14-11-21-16-27-18(2)30-21)9-12-26(19,4)24(22)10-13-25(17,23)3/h15-17,22-24H,5-14H2,1-4H3/t17-,22?,23?,24?,25+,26-/m0/s1. The summed E-state index contributed by atoms with van der Waals surface area (Å²) in [5, 5.41) is 4.48. The Bertz CT molecular complexity index is 855. The first-order valence-electron chi connectivity index (χ1n) is 12.2. The molecular weight excluding hydrogens is 372 g/mol. The summed E-state index contributed by atoms with van der Waals surface area (Å²) in [6.45, 7) is 10.1. The second-order valence-electron chi connectivity index (χ2n) is 11.0. The summed E-state index contributed by atoms with van der Waals surface area (Å²) in [6.07, 6.45) is 15.6. The number of aryl methyl sites for hydroxylation is 1. The van der Waals surface area contributed by atoms with Crippen LogP contribution >= 0.6 is 0 Å². The lowest BCUT2D eigenvalue weighted by molar-refractivity contribution is -0.0465. The van der Waals surface area contributed by atoms with Crippen LogP contribution in [0.25, 0.3) is 0 Å². The molecule has 3 saturated carbocycles. The maximum atomic E-state index is 5.64. The highest BCUT2D eigenvalue weighted by molar-refractivity contribution is 5.96. The molecule has 1 aromatic rings. The van der Waals surface area contributed by atoms with Gasteiger partial charge in [0.2, 0.25) is 0 Å². The highest BCUT2D eigenvalue weighted by atomic mass is 16.6. The van der Waals surface area contributed by atoms with Gasteiger partial charge in [0.25, 0.3) is 0 Å². The third kappa shape index (κ3) is 3.26. The van der Waals surface area contributed by atoms with Crippen molar-refractivity contribution < 1.29 is 9.25 Å². The lowest BCUT2D eigenvalue weighted by atomic mass is 9.47. The summed E-state index contributed by atoms with van der Waals surface area (Å²) in [7, 11) is 0. The fraction of sp³-hybridized carbons (Fsp3) is 0.769. The first-order chi connectivity index (χ1) is 14.4. The fourth-order valence-electron chi connectivity index (χ4n) is 7.70. The van der Waals surface area contributed by atoms with E-state index in [1.54, 1.807) is 11.8 Å². The van der Waals surface area contributed by atoms with Crippen LogP contribution in [0, 0.1) is 41.4 Å². The molecule has 0 radical (unpaired) electrons. The van der Waals surface area contributed by atoms with Crippen LogP contribution in [0.5, 0.6) is 0 Å². The molecule has 0 N–H and O–H groups in total. The van der Waals surface area contributed by atoms with Gasteiger partial charge >= 0.3 is 0 Å². The van der Waals surface area contributed by atoms with Crippen molar-refractivity contribution in [3.63, 3.8) is 0 Å². The van der Waals surface area contributed by atoms with Crippen LogP contribution in [0.15, 0.2) is 27.4 Å². The molecule has 1 aromatic heterocycles. The highest BCUT2D eigenvalue weighted by Crippen LogP contribution is 2.66. The van der Waals surface area contributed by atoms with Crippen LogP contribution in [-0.4, -0.2) is 17.3 Å². The van der Waals surface area contributed by atoms with E-state index in [2.05, 4.69) is 37.0 Å². The maximum absolute atomic E-state index is 5.64. The number of rotatable bonds is 4. The highest BCUT2D eigenvalue weighted by Gasteiger charge is 2.57. The number of hydrogen-bond donors (Lipinski definition) is 0. The van der Waals surface area contributed by atoms with Crippen LogP contribution in [0.1, 0.15) is 83.8 Å². The molecule has 30 heavy (non-hydrogen) atoms. The van der Waals surface area contributed by atoms with Crippen molar-refractivity contribution in [3.05, 3.63) is 29.5 Å². The van der Waals surface area contributed by atoms with Crippen molar-refractivity contribution in [2.24, 2.45) is 39.7 Å². The number of oxazole rings is 1. The summed E-state index contributed by atoms with van der Waals surface area (Å²) in [5.41, 5.74) is 3.77. The largest absolute Gasteiger partial charge is 0.446 e. The van der Waals surface area contributed by atoms with Gasteiger partial charge in [-0.1, -0.05) is 31.5 Å². The molecule has 4 nitrogen and oxygen atoms in total. The summed E-state index contributed by atoms with van der Waals surface area (Å²) in [5.74, 6) is 5.26. The zero-order valence-corrected chi connectivity index (χ0v) is 19.2. The van der Waals surface area contributed by atoms with Crippen molar-refractivity contribution in [2.75, 3.05) is 6.61 Å². The van der Waals surface area contributed by atoms with Crippen LogP contribution in [0.3, 0.4) is 0 Å². The Hall–Kier alpha value is -1.58. The Labute approximate surface area is 181 Å². The number of fused-ring (bicyclic) bond motifs is 5. The predicted octanol–water partition coefficient (Wildman–Crippen LogP) is 6.50. The molecule has 3 fully saturated rings. The summed E-state index contributed by atoms with van der Waals surface area (Å²) < 4.78 is 5.50. The van der Waals surface area contributed by atoms with Crippen molar-refractivity contribution >= 4 is 5.71 Å². The van der Waals surface area contributed by atoms with Gasteiger partial charge < -0.3 is 9.25 Å². The van der Waals surface area contributed by atoms with Crippen LogP contribution < -0.4 is 0 Å². The first-order valence-corrected chi connectivity index (χ1v) is 12.2. The molecule has 6 atom stereocenters. The predicted molar refractivity (Wildman–Crippen MR) is 119 cm³/mol. The minimum absolute atomic E-state index is 0.381. The van der Waals surface area contributed by atoms with Gasteiger partial charge in [0.15, 0.2) is 5.89 Å². The van der Waals surface area contributed by atoms with Crippen LogP contribution in [0.2, 0.25) is 0 Å². The number of nitrogens with zero attached hydrogens (tertiary/aromatic N) is 2. The van der Waals surface area contributed by atoms with Gasteiger partial charge in [-0.15, -0.1) is 0 Å². The molecule has 1 heterocycles. The molecule has 4 aliphatic rings. The molecular formula is C26H38N2O2. The summed E-state index contributed by atoms with van der Waals surface area (Å²) in [6, 6.07) is 0. The lowest BCUT2D eigenvalue weighted by Gasteiger charge is -2.58. The average molecular weight is 411 g/mol. The van der Waals surface area contributed by atoms with Gasteiger partial charge in [0.1, 0.15) is 12.4 Å². The fourth-order valence-corrected chi connectivity index (χ4v) is 7.70. The Morgan fingerprint density at radius 1 is 1.13 bits per heavy atom. The minimum atomic E-state index is 0.381. The third-order valence-corrected chi connectivity index (χ3v) is 9.74. The minimum Gasteiger partial charge on any atom is -0.446 e. The molecule has 0 amide bonds. The number of allylic oxidation sites excluding steroid dienone is 2. The Morgan fingerprint density at radius 3 is 2.80 bits per heavy atom. The molecule has 0 aliphatic heterocycles. The molecule has 5 rings (SSSR count). The summed E-state index contributed by atoms with van der Waals surface area (Å²) >= 11 is 0. The molecule has 164 valence electrons. The Balaban J connectivity index is 1.26. The van der Waals surface area contributed by atoms with Crippen molar-refractivity contribution in [1.82, 2.24) is 4.98 Å². The molecule has 0 bridgehead atoms. The molecule has 4 aliphatic carbocycles. The van der Waals surface area contributed by atoms with E-state index in [4.69, 9.17) is 9.25 Å². The second kappa shape index (κ2) is 7.53. The Kier molecular flexibility index (Phi) is 5.10. The third-order valence-electron chi connectivity index (χ3n) is 9.74. The lowest BCUT2D eigenvalue weighted by Crippen LogP contribution is -2.50. The van der Waals surface area contributed by atoms with Crippen molar-refractivity contribution in [3.8, 4) is 0 Å². The SMILES string of the molecule is Cc1ncc(CCON=C2C=C3CCC4C(CC[C@@]5(C)C4CC[C@@H]5C)[C@@]3(C)CC2)o1. The first kappa shape index (κ1) is 20.3. The number of oxime groups is 1. The zero-order valence-electron chi connectivity index (χ0n) is 19.2. The smallest absolute Gasteiger partial charge is 0.191 e. The number of hydrogen-bond acceptors (Lipinski definition) is 4. The molecule has 0 aromatic carbocycles. The van der Waals surface area contributed by atoms with E-state index in [0.717, 1.165) is 41.6 Å². The molecule has 0 saturated heterocycles. The summed E-state index contributed by atoms with van der Waals surface area (Å²) in [4.78, 5) is 9.77. The van der Waals surface area contributed by atoms with E-state index in [1.165, 1.54) is 44.9 Å². The Morgan fingerprint density at radius 2 is 2.00 bits per heavy atom. The van der Waals surface area contributed by atoms with Crippen molar-refractivity contribution in [1.29, 1.82) is 0 Å².